The Bertz CT molecular complexity index is 793. The van der Waals surface area contributed by atoms with Gasteiger partial charge in [-0.3, -0.25) is 9.63 Å². The Morgan fingerprint density at radius 1 is 1.29 bits per heavy atom. The summed E-state index contributed by atoms with van der Waals surface area (Å²) >= 11 is 0. The Balaban J connectivity index is 1.89. The molecule has 0 saturated carbocycles. The van der Waals surface area contributed by atoms with Gasteiger partial charge in [0, 0.05) is 19.1 Å². The first-order chi connectivity index (χ1) is 14.5. The van der Waals surface area contributed by atoms with E-state index in [1.54, 1.807) is 13.2 Å². The predicted octanol–water partition coefficient (Wildman–Crippen LogP) is 3.10. The number of carbonyl (C=O) groups excluding carboxylic acids is 1. The number of hydroxylamine groups is 1. The van der Waals surface area contributed by atoms with Crippen LogP contribution in [0.1, 0.15) is 32.8 Å². The largest absolute Gasteiger partial charge is 0.408 e. The maximum atomic E-state index is 12.1. The molecule has 1 aromatic rings. The first-order valence-corrected chi connectivity index (χ1v) is 13.6. The molecule has 1 fully saturated rings. The van der Waals surface area contributed by atoms with Crippen LogP contribution in [-0.2, 0) is 30.1 Å². The van der Waals surface area contributed by atoms with E-state index in [4.69, 9.17) is 18.7 Å². The van der Waals surface area contributed by atoms with Crippen molar-refractivity contribution in [2.75, 3.05) is 7.11 Å². The fourth-order valence-electron chi connectivity index (χ4n) is 3.81. The Hall–Kier alpha value is -1.39. The summed E-state index contributed by atoms with van der Waals surface area (Å²) in [5, 5.41) is 11.3. The molecule has 31 heavy (non-hydrogen) atoms. The molecule has 8 heteroatoms. The van der Waals surface area contributed by atoms with Crippen LogP contribution < -0.4 is 5.48 Å². The minimum absolute atomic E-state index is 0.0337. The number of benzene rings is 1. The minimum Gasteiger partial charge on any atom is -0.408 e. The molecule has 3 rings (SSSR count). The lowest BCUT2D eigenvalue weighted by Gasteiger charge is -2.53. The molecule has 1 saturated heterocycles. The highest BCUT2D eigenvalue weighted by Crippen LogP contribution is 2.44. The maximum Gasteiger partial charge on any atom is 0.193 e. The fraction of sp³-hybridized carbons (Fsp3) is 0.609. The van der Waals surface area contributed by atoms with Crippen LogP contribution in [0.5, 0.6) is 0 Å². The number of hydrogen-bond acceptors (Lipinski definition) is 7. The smallest absolute Gasteiger partial charge is 0.193 e. The predicted molar refractivity (Wildman–Crippen MR) is 120 cm³/mol. The molecule has 2 N–H and O–H groups in total. The van der Waals surface area contributed by atoms with E-state index in [-0.39, 0.29) is 18.1 Å². The van der Waals surface area contributed by atoms with Gasteiger partial charge in [0.1, 0.15) is 24.0 Å². The number of aldehydes is 1. The van der Waals surface area contributed by atoms with Crippen LogP contribution in [0.3, 0.4) is 0 Å². The van der Waals surface area contributed by atoms with Crippen molar-refractivity contribution in [1.82, 2.24) is 5.48 Å². The molecule has 1 aliphatic carbocycles. The van der Waals surface area contributed by atoms with Crippen molar-refractivity contribution in [2.45, 2.75) is 82.1 Å². The van der Waals surface area contributed by atoms with Gasteiger partial charge < -0.3 is 19.0 Å². The molecule has 0 radical (unpaired) electrons. The average molecular weight is 450 g/mol. The lowest BCUT2D eigenvalue weighted by atomic mass is 9.72. The summed E-state index contributed by atoms with van der Waals surface area (Å²) in [7, 11) is -0.644. The number of fused-ring (bicyclic) bond motifs is 2. The second-order valence-corrected chi connectivity index (χ2v) is 14.6. The van der Waals surface area contributed by atoms with E-state index < -0.39 is 38.5 Å². The average Bonchev–Trinajstić information content (AvgIpc) is 2.71. The molecule has 0 aromatic heterocycles. The van der Waals surface area contributed by atoms with E-state index >= 15 is 0 Å². The lowest BCUT2D eigenvalue weighted by Crippen LogP contribution is -2.71. The Morgan fingerprint density at radius 2 is 1.97 bits per heavy atom. The number of carbonyl (C=O) groups is 1. The molecule has 1 aromatic carbocycles. The van der Waals surface area contributed by atoms with Crippen molar-refractivity contribution < 1.29 is 28.6 Å². The van der Waals surface area contributed by atoms with E-state index in [1.807, 2.05) is 30.3 Å². The Labute approximate surface area is 185 Å². The van der Waals surface area contributed by atoms with Gasteiger partial charge in [-0.05, 0) is 29.8 Å². The SMILES string of the molecule is CO[C@H]1CC2(NOCc3ccccc3)C(C=O)=CC(O[Si](C)(C)C(C)(C)C)[C@@H](O1)C2O. The summed E-state index contributed by atoms with van der Waals surface area (Å²) in [6, 6.07) is 9.68. The van der Waals surface area contributed by atoms with E-state index in [2.05, 4.69) is 39.3 Å². The van der Waals surface area contributed by atoms with Crippen LogP contribution in [-0.4, -0.2) is 57.0 Å². The molecule has 1 heterocycles. The molecule has 0 spiro atoms. The quantitative estimate of drug-likeness (QED) is 0.358. The van der Waals surface area contributed by atoms with Crippen molar-refractivity contribution in [3.05, 3.63) is 47.5 Å². The minimum atomic E-state index is -2.19. The van der Waals surface area contributed by atoms with Gasteiger partial charge in [0.25, 0.3) is 0 Å². The number of ether oxygens (including phenoxy) is 2. The summed E-state index contributed by atoms with van der Waals surface area (Å²) in [6.07, 6.45) is -0.145. The van der Waals surface area contributed by atoms with Gasteiger partial charge in [-0.1, -0.05) is 51.1 Å². The normalized spacial score (nSPS) is 31.3. The van der Waals surface area contributed by atoms with E-state index in [0.717, 1.165) is 11.8 Å². The molecule has 172 valence electrons. The number of methoxy groups -OCH3 is 1. The van der Waals surface area contributed by atoms with Crippen LogP contribution in [0.25, 0.3) is 0 Å². The van der Waals surface area contributed by atoms with Gasteiger partial charge in [0.15, 0.2) is 14.6 Å². The first kappa shape index (κ1) is 24.3. The summed E-state index contributed by atoms with van der Waals surface area (Å²) in [6.45, 7) is 11.0. The number of nitrogens with one attached hydrogen (secondary N) is 1. The van der Waals surface area contributed by atoms with Gasteiger partial charge in [-0.15, -0.1) is 0 Å². The third kappa shape index (κ3) is 4.85. The van der Waals surface area contributed by atoms with Crippen molar-refractivity contribution in [3.8, 4) is 0 Å². The third-order valence-electron chi connectivity index (χ3n) is 6.76. The monoisotopic (exact) mass is 449 g/mol. The van der Waals surface area contributed by atoms with Crippen molar-refractivity contribution in [1.29, 1.82) is 0 Å². The number of hydrogen-bond donors (Lipinski definition) is 2. The van der Waals surface area contributed by atoms with Crippen molar-refractivity contribution in [2.24, 2.45) is 0 Å². The van der Waals surface area contributed by atoms with Crippen molar-refractivity contribution in [3.63, 3.8) is 0 Å². The number of rotatable bonds is 8. The molecular formula is C23H35NO6Si. The van der Waals surface area contributed by atoms with Crippen LogP contribution in [0.4, 0.5) is 0 Å². The van der Waals surface area contributed by atoms with Gasteiger partial charge in [-0.25, -0.2) is 0 Å². The van der Waals surface area contributed by atoms with Crippen LogP contribution >= 0.6 is 0 Å². The Morgan fingerprint density at radius 3 is 2.55 bits per heavy atom. The number of aliphatic hydroxyl groups is 1. The van der Waals surface area contributed by atoms with Gasteiger partial charge in [0.2, 0.25) is 0 Å². The van der Waals surface area contributed by atoms with Crippen LogP contribution in [0.2, 0.25) is 18.1 Å². The summed E-state index contributed by atoms with van der Waals surface area (Å²) < 4.78 is 18.1. The van der Waals surface area contributed by atoms with Gasteiger partial charge in [0.05, 0.1) is 12.7 Å². The second kappa shape index (κ2) is 9.23. The highest BCUT2D eigenvalue weighted by atomic mass is 28.4. The summed E-state index contributed by atoms with van der Waals surface area (Å²) in [4.78, 5) is 17.9. The van der Waals surface area contributed by atoms with Gasteiger partial charge in [-0.2, -0.15) is 5.48 Å². The fourth-order valence-corrected chi connectivity index (χ4v) is 5.05. The molecule has 7 nitrogen and oxygen atoms in total. The number of aliphatic hydroxyl groups excluding tert-OH is 1. The zero-order valence-electron chi connectivity index (χ0n) is 19.3. The van der Waals surface area contributed by atoms with Crippen LogP contribution in [0.15, 0.2) is 42.0 Å². The second-order valence-electron chi connectivity index (χ2n) is 9.85. The third-order valence-corrected chi connectivity index (χ3v) is 11.2. The standard InChI is InChI=1S/C23H35NO6Si/c1-22(2,3)31(5,6)30-18-12-17(14-25)23(13-19(27-4)29-20(18)21(23)26)24-28-15-16-10-8-7-9-11-16/h7-12,14,18-21,24,26H,13,15H2,1-6H3/t18?,19-,20-,21?,23?/m1/s1. The van der Waals surface area contributed by atoms with E-state index in [0.29, 0.717) is 5.57 Å². The molecule has 3 unspecified atom stereocenters. The zero-order valence-corrected chi connectivity index (χ0v) is 20.3. The molecule has 0 amide bonds. The van der Waals surface area contributed by atoms with Gasteiger partial charge >= 0.3 is 0 Å². The molecule has 1 aliphatic heterocycles. The van der Waals surface area contributed by atoms with Crippen molar-refractivity contribution >= 4 is 14.6 Å². The first-order valence-electron chi connectivity index (χ1n) is 10.7. The highest BCUT2D eigenvalue weighted by molar-refractivity contribution is 6.74. The maximum absolute atomic E-state index is 12.1. The highest BCUT2D eigenvalue weighted by Gasteiger charge is 2.58. The van der Waals surface area contributed by atoms with E-state index in [9.17, 15) is 9.90 Å². The molecule has 2 bridgehead atoms. The molecule has 2 aliphatic rings. The molecule has 5 atom stereocenters. The topological polar surface area (TPSA) is 86.3 Å². The molecular weight excluding hydrogens is 414 g/mol. The van der Waals surface area contributed by atoms with Crippen LogP contribution in [0, 0.1) is 0 Å². The summed E-state index contributed by atoms with van der Waals surface area (Å²) in [5.74, 6) is 0. The summed E-state index contributed by atoms with van der Waals surface area (Å²) in [5.41, 5.74) is 3.20. The van der Waals surface area contributed by atoms with E-state index in [1.165, 1.54) is 0 Å². The lowest BCUT2D eigenvalue weighted by molar-refractivity contribution is -0.267. The Kier molecular flexibility index (Phi) is 7.22. The zero-order chi connectivity index (χ0) is 22.9.